The van der Waals surface area contributed by atoms with Gasteiger partial charge in [-0.3, -0.25) is 0 Å². The molecule has 0 radical (unpaired) electrons. The molecular formula is C15H23N2OS+. The Morgan fingerprint density at radius 2 is 2.26 bits per heavy atom. The van der Waals surface area contributed by atoms with Gasteiger partial charge in [0.25, 0.3) is 0 Å². The summed E-state index contributed by atoms with van der Waals surface area (Å²) in [6, 6.07) is 5.87. The van der Waals surface area contributed by atoms with Gasteiger partial charge in [0.15, 0.2) is 15.9 Å². The smallest absolute Gasteiger partial charge is 0.175 e. The first kappa shape index (κ1) is 14.4. The molecule has 1 aromatic rings. The summed E-state index contributed by atoms with van der Waals surface area (Å²) in [5.74, 6) is 0.749. The van der Waals surface area contributed by atoms with Crippen LogP contribution in [0.1, 0.15) is 43.9 Å². The largest absolute Gasteiger partial charge is 0.324 e. The molecule has 3 N–H and O–H groups in total. The number of thiol groups is 1. The SMILES string of the molecule is CCN[SH+](=O)c1ccc(/C=C/C2CC2)c([C@@H](C)N)c1. The first-order chi connectivity index (χ1) is 9.11. The van der Waals surface area contributed by atoms with Crippen LogP contribution in [0.2, 0.25) is 0 Å². The van der Waals surface area contributed by atoms with Crippen molar-refractivity contribution in [2.45, 2.75) is 37.6 Å². The predicted molar refractivity (Wildman–Crippen MR) is 82.2 cm³/mol. The minimum atomic E-state index is -1.52. The van der Waals surface area contributed by atoms with E-state index in [9.17, 15) is 4.21 Å². The van der Waals surface area contributed by atoms with Gasteiger partial charge in [0.1, 0.15) is 0 Å². The van der Waals surface area contributed by atoms with Crippen molar-refractivity contribution in [3.05, 3.63) is 35.4 Å². The second kappa shape index (κ2) is 6.46. The number of rotatable bonds is 6. The number of benzene rings is 1. The van der Waals surface area contributed by atoms with Crippen molar-refractivity contribution in [3.8, 4) is 0 Å². The monoisotopic (exact) mass is 279 g/mol. The Hall–Kier alpha value is -0.970. The van der Waals surface area contributed by atoms with E-state index >= 15 is 0 Å². The van der Waals surface area contributed by atoms with Crippen LogP contribution in [0.25, 0.3) is 6.08 Å². The van der Waals surface area contributed by atoms with E-state index in [4.69, 9.17) is 5.73 Å². The summed E-state index contributed by atoms with van der Waals surface area (Å²) < 4.78 is 14.9. The van der Waals surface area contributed by atoms with Gasteiger partial charge in [0.2, 0.25) is 0 Å². The lowest BCUT2D eigenvalue weighted by Crippen LogP contribution is -2.16. The second-order valence-corrected chi connectivity index (χ2v) is 6.53. The maximum atomic E-state index is 12.0. The highest BCUT2D eigenvalue weighted by atomic mass is 32.2. The molecule has 0 amide bonds. The maximum absolute atomic E-state index is 12.0. The molecule has 19 heavy (non-hydrogen) atoms. The summed E-state index contributed by atoms with van der Waals surface area (Å²) in [5, 5.41) is 0. The molecule has 0 aromatic heterocycles. The van der Waals surface area contributed by atoms with Gasteiger partial charge in [-0.05, 0) is 61.9 Å². The lowest BCUT2D eigenvalue weighted by Gasteiger charge is -2.10. The molecular weight excluding hydrogens is 256 g/mol. The van der Waals surface area contributed by atoms with E-state index in [1.54, 1.807) is 0 Å². The average molecular weight is 279 g/mol. The van der Waals surface area contributed by atoms with Gasteiger partial charge in [-0.25, -0.2) is 0 Å². The van der Waals surface area contributed by atoms with Gasteiger partial charge in [-0.2, -0.15) is 0 Å². The molecule has 1 aliphatic carbocycles. The topological polar surface area (TPSA) is 55.1 Å². The molecule has 0 bridgehead atoms. The van der Waals surface area contributed by atoms with Crippen LogP contribution in [0.4, 0.5) is 0 Å². The molecule has 104 valence electrons. The van der Waals surface area contributed by atoms with Crippen LogP contribution in [0.15, 0.2) is 29.2 Å². The quantitative estimate of drug-likeness (QED) is 0.621. The van der Waals surface area contributed by atoms with Gasteiger partial charge in [-0.15, -0.1) is 4.72 Å². The first-order valence-electron chi connectivity index (χ1n) is 6.90. The zero-order chi connectivity index (χ0) is 13.8. The van der Waals surface area contributed by atoms with Crippen LogP contribution >= 0.6 is 0 Å². The van der Waals surface area contributed by atoms with Crippen molar-refractivity contribution in [3.63, 3.8) is 0 Å². The number of nitrogens with one attached hydrogen (secondary N) is 1. The highest BCUT2D eigenvalue weighted by Gasteiger charge is 2.18. The molecule has 3 nitrogen and oxygen atoms in total. The number of nitrogens with two attached hydrogens (primary N) is 1. The molecule has 0 aliphatic heterocycles. The normalized spacial score (nSPS) is 18.7. The Bertz CT molecular complexity index is 493. The molecule has 1 aromatic carbocycles. The predicted octanol–water partition coefficient (Wildman–Crippen LogP) is 2.71. The number of hydrogen-bond donors (Lipinski definition) is 2. The summed E-state index contributed by atoms with van der Waals surface area (Å²) in [4.78, 5) is 0.827. The number of hydrogen-bond acceptors (Lipinski definition) is 2. The lowest BCUT2D eigenvalue weighted by molar-refractivity contribution is 0.589. The van der Waals surface area contributed by atoms with Crippen molar-refractivity contribution < 1.29 is 4.21 Å². The molecule has 1 saturated carbocycles. The van der Waals surface area contributed by atoms with Gasteiger partial charge >= 0.3 is 0 Å². The zero-order valence-corrected chi connectivity index (χ0v) is 12.5. The van der Waals surface area contributed by atoms with E-state index in [2.05, 4.69) is 16.9 Å². The molecule has 0 spiro atoms. The van der Waals surface area contributed by atoms with Crippen molar-refractivity contribution >= 4 is 17.1 Å². The van der Waals surface area contributed by atoms with Crippen molar-refractivity contribution in [2.24, 2.45) is 11.7 Å². The van der Waals surface area contributed by atoms with Gasteiger partial charge in [0.05, 0.1) is 0 Å². The zero-order valence-electron chi connectivity index (χ0n) is 11.6. The molecule has 0 saturated heterocycles. The summed E-state index contributed by atoms with van der Waals surface area (Å²) in [5.41, 5.74) is 8.24. The van der Waals surface area contributed by atoms with Crippen LogP contribution in [-0.2, 0) is 15.2 Å². The lowest BCUT2D eigenvalue weighted by atomic mass is 10.0. The molecule has 0 heterocycles. The van der Waals surface area contributed by atoms with Gasteiger partial charge in [0, 0.05) is 12.6 Å². The van der Waals surface area contributed by atoms with Crippen LogP contribution in [0.5, 0.6) is 0 Å². The standard InChI is InChI=1S/C15H22N2OS/c1-3-17-19(18)14-9-8-13(7-6-12-4-5-12)15(10-14)11(2)16/h6-12H,3-5,16H2,1-2H3,(H,17,18)/p+1/b7-6+/t11-,19?/m1/s1. The molecule has 1 fully saturated rings. The molecule has 2 atom stereocenters. The molecule has 1 aliphatic rings. The summed E-state index contributed by atoms with van der Waals surface area (Å²) in [6.45, 7) is 4.62. The van der Waals surface area contributed by atoms with Crippen LogP contribution < -0.4 is 10.5 Å². The van der Waals surface area contributed by atoms with Gasteiger partial charge < -0.3 is 5.73 Å². The summed E-state index contributed by atoms with van der Waals surface area (Å²) >= 11 is 0. The maximum Gasteiger partial charge on any atom is 0.175 e. The minimum Gasteiger partial charge on any atom is -0.324 e. The highest BCUT2D eigenvalue weighted by Crippen LogP contribution is 2.31. The fraction of sp³-hybridized carbons (Fsp3) is 0.467. The molecule has 4 heteroatoms. The third kappa shape index (κ3) is 4.00. The van der Waals surface area contributed by atoms with E-state index in [0.717, 1.165) is 21.9 Å². The third-order valence-corrected chi connectivity index (χ3v) is 4.62. The van der Waals surface area contributed by atoms with E-state index in [0.29, 0.717) is 6.54 Å². The van der Waals surface area contributed by atoms with Crippen molar-refractivity contribution in [2.75, 3.05) is 6.54 Å². The van der Waals surface area contributed by atoms with E-state index in [-0.39, 0.29) is 6.04 Å². The number of allylic oxidation sites excluding steroid dienone is 1. The molecule has 2 rings (SSSR count). The first-order valence-corrected chi connectivity index (χ1v) is 8.16. The molecule has 1 unspecified atom stereocenters. The average Bonchev–Trinajstić information content (AvgIpc) is 3.20. The Balaban J connectivity index is 2.26. The van der Waals surface area contributed by atoms with Crippen molar-refractivity contribution in [1.82, 2.24) is 4.72 Å². The minimum absolute atomic E-state index is 0.0520. The van der Waals surface area contributed by atoms with Gasteiger partial charge in [-0.1, -0.05) is 16.4 Å². The third-order valence-electron chi connectivity index (χ3n) is 3.27. The van der Waals surface area contributed by atoms with E-state index < -0.39 is 11.0 Å². The van der Waals surface area contributed by atoms with Crippen LogP contribution in [0.3, 0.4) is 0 Å². The fourth-order valence-electron chi connectivity index (χ4n) is 2.00. The Kier molecular flexibility index (Phi) is 4.91. The Morgan fingerprint density at radius 1 is 1.53 bits per heavy atom. The van der Waals surface area contributed by atoms with Crippen molar-refractivity contribution in [1.29, 1.82) is 0 Å². The highest BCUT2D eigenvalue weighted by molar-refractivity contribution is 7.83. The van der Waals surface area contributed by atoms with E-state index in [1.807, 2.05) is 32.0 Å². The van der Waals surface area contributed by atoms with Crippen LogP contribution in [0, 0.1) is 5.92 Å². The Morgan fingerprint density at radius 3 is 2.84 bits per heavy atom. The van der Waals surface area contributed by atoms with E-state index in [1.165, 1.54) is 12.8 Å². The Labute approximate surface area is 117 Å². The van der Waals surface area contributed by atoms with Crippen LogP contribution in [-0.4, -0.2) is 6.54 Å². The second-order valence-electron chi connectivity index (χ2n) is 5.10. The fourth-order valence-corrected chi connectivity index (χ4v) is 2.93. The summed E-state index contributed by atoms with van der Waals surface area (Å²) in [6.07, 6.45) is 7.01. The summed E-state index contributed by atoms with van der Waals surface area (Å²) in [7, 11) is -1.52.